The van der Waals surface area contributed by atoms with E-state index in [0.717, 1.165) is 5.57 Å². The van der Waals surface area contributed by atoms with E-state index in [4.69, 9.17) is 42.6 Å². The normalized spacial score (nSPS) is 54.5. The Kier molecular flexibility index (Phi) is 16.1. The summed E-state index contributed by atoms with van der Waals surface area (Å²) >= 11 is 0. The van der Waals surface area contributed by atoms with Gasteiger partial charge in [0, 0.05) is 0 Å². The van der Waals surface area contributed by atoms with Crippen LogP contribution in [0.3, 0.4) is 0 Å². The Morgan fingerprint density at radius 3 is 1.88 bits per heavy atom. The molecule has 0 aromatic carbocycles. The fourth-order valence-electron chi connectivity index (χ4n) is 16.1. The third kappa shape index (κ3) is 9.42. The second-order valence-corrected chi connectivity index (χ2v) is 25.6. The summed E-state index contributed by atoms with van der Waals surface area (Å²) in [6.45, 7) is 14.9. The Hall–Kier alpha value is -2.57. The van der Waals surface area contributed by atoms with E-state index in [1.54, 1.807) is 0 Å². The number of aliphatic carboxylic acids is 1. The van der Waals surface area contributed by atoms with Crippen LogP contribution in [0.1, 0.15) is 113 Å². The molecule has 0 aromatic rings. The predicted molar refractivity (Wildman–Crippen MR) is 257 cm³/mol. The first-order valence-corrected chi connectivity index (χ1v) is 27.2. The number of ether oxygens (including phenoxy) is 9. The molecule has 0 amide bonds. The van der Waals surface area contributed by atoms with Gasteiger partial charge in [-0.25, -0.2) is 0 Å². The Bertz CT molecular complexity index is 2220. The summed E-state index contributed by atoms with van der Waals surface area (Å²) in [5.74, 6) is -3.01. The number of carbonyl (C=O) groups is 3. The molecular weight excluding hydrogens is 1020 g/mol. The Balaban J connectivity index is 0.964. The molecule has 24 nitrogen and oxygen atoms in total. The fourth-order valence-corrected chi connectivity index (χ4v) is 16.1. The van der Waals surface area contributed by atoms with Crippen LogP contribution >= 0.6 is 0 Å². The van der Waals surface area contributed by atoms with Crippen LogP contribution < -0.4 is 0 Å². The minimum absolute atomic E-state index is 0.0130. The highest BCUT2D eigenvalue weighted by atomic mass is 16.8. The second kappa shape index (κ2) is 21.0. The van der Waals surface area contributed by atoms with Crippen molar-refractivity contribution in [3.63, 3.8) is 0 Å². The lowest BCUT2D eigenvalue weighted by Gasteiger charge is -2.71. The van der Waals surface area contributed by atoms with Gasteiger partial charge in [0.25, 0.3) is 6.47 Å². The largest absolute Gasteiger partial charge is 0.481 e. The third-order valence-corrected chi connectivity index (χ3v) is 20.9. The Morgan fingerprint density at radius 2 is 1.21 bits per heavy atom. The molecule has 438 valence electrons. The van der Waals surface area contributed by atoms with Crippen molar-refractivity contribution in [3.05, 3.63) is 11.6 Å². The number of carboxylic acid groups (broad SMARTS) is 1. The van der Waals surface area contributed by atoms with E-state index in [2.05, 4.69) is 33.8 Å². The molecule has 0 radical (unpaired) electrons. The molecule has 0 spiro atoms. The van der Waals surface area contributed by atoms with Crippen molar-refractivity contribution >= 4 is 18.4 Å². The van der Waals surface area contributed by atoms with Crippen molar-refractivity contribution in [1.29, 1.82) is 0 Å². The highest BCUT2D eigenvalue weighted by Gasteiger charge is 2.73. The van der Waals surface area contributed by atoms with Gasteiger partial charge < -0.3 is 104 Å². The molecule has 9 rings (SSSR count). The van der Waals surface area contributed by atoms with Crippen LogP contribution in [0.4, 0.5) is 0 Å². The molecule has 5 aliphatic carbocycles. The number of carboxylic acids is 1. The molecule has 0 aromatic heterocycles. The number of hydrogen-bond donors (Lipinski definition) is 12. The average molecular weight is 1100 g/mol. The number of allylic oxidation sites excluding steroid dienone is 2. The maximum absolute atomic E-state index is 15.4. The van der Waals surface area contributed by atoms with E-state index in [1.165, 1.54) is 20.8 Å². The molecule has 0 bridgehead atoms. The number of rotatable bonds is 11. The lowest BCUT2D eigenvalue weighted by Crippen LogP contribution is -2.70. The van der Waals surface area contributed by atoms with Crippen molar-refractivity contribution in [1.82, 2.24) is 0 Å². The monoisotopic (exact) mass is 1100 g/mol. The highest BCUT2D eigenvalue weighted by molar-refractivity contribution is 5.79. The minimum atomic E-state index is -1.90. The van der Waals surface area contributed by atoms with Crippen LogP contribution in [0.5, 0.6) is 0 Å². The topological polar surface area (TPSA) is 377 Å². The summed E-state index contributed by atoms with van der Waals surface area (Å²) in [5, 5.41) is 131. The molecule has 4 saturated carbocycles. The smallest absolute Gasteiger partial charge is 0.315 e. The van der Waals surface area contributed by atoms with Gasteiger partial charge in [-0.05, 0) is 118 Å². The molecule has 4 saturated heterocycles. The van der Waals surface area contributed by atoms with Crippen LogP contribution in [-0.2, 0) is 57.0 Å². The molecular formula is C53H82O24. The maximum Gasteiger partial charge on any atom is 0.315 e. The standard InChI is InChI=1S/C53H82O24/c1-21-29(57)32(60)39(74-43-37(65)33(61)38(22(2)72-43)73-41-34(62)30(58)26(56)19-69-41)45(71-21)77-47(68)53-15-13-48(3,4)17-24(53)23-9-10-27-49(5)18-25(55)40(75-44-36(64)31(59)35(63)42(76-44)70-20-54)52(8,46(66)67)28(49)11-12-51(27,7)50(23,6)14-16-53/h9,20-22,24-45,55-65H,10-19H2,1-8H3,(H,66,67)/t21?,22?,24-,25-,26+,27?,28+,29-,30-,31-,32?,33+,34?,35-,36?,37?,38-,39+,40-,41-,42?,43-,44+,45-,49+,50+,51+,52-,53-/m0/s1. The van der Waals surface area contributed by atoms with Crippen molar-refractivity contribution in [2.45, 2.75) is 242 Å². The van der Waals surface area contributed by atoms with Gasteiger partial charge in [-0.2, -0.15) is 0 Å². The second-order valence-electron chi connectivity index (χ2n) is 25.6. The first kappa shape index (κ1) is 59.1. The summed E-state index contributed by atoms with van der Waals surface area (Å²) in [6.07, 6.45) is -27.4. The maximum atomic E-state index is 15.4. The summed E-state index contributed by atoms with van der Waals surface area (Å²) in [5.41, 5.74) is -3.90. The van der Waals surface area contributed by atoms with Gasteiger partial charge in [-0.1, -0.05) is 46.3 Å². The molecule has 29 atom stereocenters. The van der Waals surface area contributed by atoms with Crippen molar-refractivity contribution in [3.8, 4) is 0 Å². The molecule has 12 N–H and O–H groups in total. The van der Waals surface area contributed by atoms with Gasteiger partial charge in [0.05, 0.1) is 35.7 Å². The Labute approximate surface area is 446 Å². The lowest BCUT2D eigenvalue weighted by atomic mass is 9.33. The van der Waals surface area contributed by atoms with Crippen LogP contribution in [0, 0.1) is 50.2 Å². The summed E-state index contributed by atoms with van der Waals surface area (Å²) in [7, 11) is 0. The van der Waals surface area contributed by atoms with Gasteiger partial charge in [-0.15, -0.1) is 0 Å². The van der Waals surface area contributed by atoms with Crippen molar-refractivity contribution in [2.75, 3.05) is 6.61 Å². The number of aliphatic hydroxyl groups excluding tert-OH is 11. The lowest BCUT2D eigenvalue weighted by molar-refractivity contribution is -0.373. The Morgan fingerprint density at radius 1 is 0.610 bits per heavy atom. The van der Waals surface area contributed by atoms with Crippen molar-refractivity contribution in [2.24, 2.45) is 50.2 Å². The van der Waals surface area contributed by atoms with Gasteiger partial charge in [-0.3, -0.25) is 14.4 Å². The van der Waals surface area contributed by atoms with E-state index in [1.807, 2.05) is 6.92 Å². The van der Waals surface area contributed by atoms with Gasteiger partial charge in [0.2, 0.25) is 12.6 Å². The zero-order chi connectivity index (χ0) is 56.4. The zero-order valence-electron chi connectivity index (χ0n) is 44.8. The minimum Gasteiger partial charge on any atom is -0.481 e. The number of hydrogen-bond acceptors (Lipinski definition) is 23. The number of fused-ring (bicyclic) bond motifs is 7. The van der Waals surface area contributed by atoms with Crippen molar-refractivity contribution < 1.29 is 118 Å². The van der Waals surface area contributed by atoms with E-state index in [0.29, 0.717) is 51.4 Å². The van der Waals surface area contributed by atoms with Gasteiger partial charge >= 0.3 is 11.9 Å². The SMILES string of the molecule is CC1O[C@@H](OC(=O)[C@]23CCC(C)(C)C[C@H]2C2=CCC4[C@@]5(C)C[C@H](O)[C@H](O[C@@H]6OC(OC=O)[C@@H](O)[C@H](O)C6O)[C@@](C)(C(=O)O)[C@@H]5CC[C@@]4(C)[C@]2(C)CC3)[C@H](O[C@@H]2OC(C)[C@H](O[C@@H]3OC[C@@H](O)[C@H](O)C3O)[C@H](O)C2O)C(O)[C@H]1O. The number of esters is 1. The van der Waals surface area contributed by atoms with Crippen LogP contribution in [0.2, 0.25) is 0 Å². The quantitative estimate of drug-likeness (QED) is 0.0502. The molecule has 4 aliphatic heterocycles. The van der Waals surface area contributed by atoms with E-state index in [-0.39, 0.29) is 36.8 Å². The first-order valence-electron chi connectivity index (χ1n) is 27.2. The van der Waals surface area contributed by atoms with E-state index in [9.17, 15) is 70.9 Å². The molecule has 8 unspecified atom stereocenters. The van der Waals surface area contributed by atoms with E-state index < -0.39 is 174 Å². The van der Waals surface area contributed by atoms with E-state index >= 15 is 4.79 Å². The predicted octanol–water partition coefficient (Wildman–Crippen LogP) is -1.17. The fraction of sp³-hybridized carbons (Fsp3) is 0.906. The number of aliphatic hydroxyl groups is 11. The highest BCUT2D eigenvalue weighted by Crippen LogP contribution is 2.76. The summed E-state index contributed by atoms with van der Waals surface area (Å²) in [6, 6.07) is 0. The molecule has 9 aliphatic rings. The molecule has 8 fully saturated rings. The van der Waals surface area contributed by atoms with Crippen LogP contribution in [0.25, 0.3) is 0 Å². The number of carbonyl (C=O) groups excluding carboxylic acids is 2. The van der Waals surface area contributed by atoms with Crippen LogP contribution in [-0.4, -0.2) is 215 Å². The zero-order valence-corrected chi connectivity index (χ0v) is 44.8. The first-order chi connectivity index (χ1) is 35.9. The summed E-state index contributed by atoms with van der Waals surface area (Å²) in [4.78, 5) is 40.3. The molecule has 24 heteroatoms. The summed E-state index contributed by atoms with van der Waals surface area (Å²) < 4.78 is 52.1. The third-order valence-electron chi connectivity index (χ3n) is 20.9. The average Bonchev–Trinajstić information content (AvgIpc) is 3.55. The van der Waals surface area contributed by atoms with Gasteiger partial charge in [0.15, 0.2) is 25.0 Å². The molecule has 77 heavy (non-hydrogen) atoms. The van der Waals surface area contributed by atoms with Gasteiger partial charge in [0.1, 0.15) is 73.2 Å². The van der Waals surface area contributed by atoms with Crippen LogP contribution in [0.15, 0.2) is 11.6 Å². The molecule has 4 heterocycles.